The summed E-state index contributed by atoms with van der Waals surface area (Å²) in [6.07, 6.45) is 0. The van der Waals surface area contributed by atoms with Gasteiger partial charge in [0.1, 0.15) is 5.69 Å². The Bertz CT molecular complexity index is 913. The molecule has 0 bridgehead atoms. The molecule has 2 N–H and O–H groups in total. The molecule has 2 aromatic rings. The van der Waals surface area contributed by atoms with Crippen molar-refractivity contribution in [2.45, 2.75) is 11.4 Å². The van der Waals surface area contributed by atoms with E-state index < -0.39 is 21.5 Å². The normalized spacial score (nSPS) is 15.5. The van der Waals surface area contributed by atoms with Crippen molar-refractivity contribution in [1.29, 1.82) is 0 Å². The number of aromatic amines is 1. The lowest BCUT2D eigenvalue weighted by molar-refractivity contribution is 0.0730. The van der Waals surface area contributed by atoms with E-state index in [9.17, 15) is 18.0 Å². The molecule has 1 saturated heterocycles. The van der Waals surface area contributed by atoms with Gasteiger partial charge in [0, 0.05) is 25.7 Å². The van der Waals surface area contributed by atoms with Gasteiger partial charge < -0.3 is 10.1 Å². The Kier molecular flexibility index (Phi) is 5.45. The Labute approximate surface area is 150 Å². The van der Waals surface area contributed by atoms with Gasteiger partial charge in [-0.25, -0.2) is 13.5 Å². The fourth-order valence-corrected chi connectivity index (χ4v) is 3.87. The van der Waals surface area contributed by atoms with Crippen LogP contribution in [0.15, 0.2) is 46.1 Å². The summed E-state index contributed by atoms with van der Waals surface area (Å²) in [7, 11) is -3.53. The van der Waals surface area contributed by atoms with Crippen LogP contribution < -0.4 is 10.9 Å². The lowest BCUT2D eigenvalue weighted by Gasteiger charge is -2.26. The Hall–Kier alpha value is -2.56. The van der Waals surface area contributed by atoms with Crippen molar-refractivity contribution in [3.8, 4) is 0 Å². The SMILES string of the molecule is O=C(NCc1ccc(S(=O)(=O)N2CCOCC2)cc1)c1ccc(=O)[nH]n1. The Morgan fingerprint density at radius 2 is 1.85 bits per heavy atom. The fourth-order valence-electron chi connectivity index (χ4n) is 2.46. The molecule has 1 aromatic carbocycles. The van der Waals surface area contributed by atoms with Gasteiger partial charge in [0.05, 0.1) is 18.1 Å². The first-order chi connectivity index (χ1) is 12.5. The maximum atomic E-state index is 12.5. The van der Waals surface area contributed by atoms with Crippen LogP contribution >= 0.6 is 0 Å². The molecule has 0 saturated carbocycles. The number of sulfonamides is 1. The molecule has 1 aliphatic rings. The molecule has 0 unspecified atom stereocenters. The van der Waals surface area contributed by atoms with Gasteiger partial charge in [0.15, 0.2) is 0 Å². The van der Waals surface area contributed by atoms with Gasteiger partial charge in [-0.05, 0) is 23.8 Å². The second-order valence-electron chi connectivity index (χ2n) is 5.65. The highest BCUT2D eigenvalue weighted by atomic mass is 32.2. The molecule has 0 atom stereocenters. The van der Waals surface area contributed by atoms with Crippen LogP contribution in [0.4, 0.5) is 0 Å². The van der Waals surface area contributed by atoms with Gasteiger partial charge in [-0.15, -0.1) is 0 Å². The van der Waals surface area contributed by atoms with Crippen molar-refractivity contribution < 1.29 is 17.9 Å². The molecular weight excluding hydrogens is 360 g/mol. The molecule has 1 aliphatic heterocycles. The number of nitrogens with zero attached hydrogens (tertiary/aromatic N) is 2. The van der Waals surface area contributed by atoms with E-state index in [-0.39, 0.29) is 17.1 Å². The Morgan fingerprint density at radius 3 is 2.46 bits per heavy atom. The number of ether oxygens (including phenoxy) is 1. The summed E-state index contributed by atoms with van der Waals surface area (Å²) in [6.45, 7) is 1.67. The van der Waals surface area contributed by atoms with Gasteiger partial charge in [-0.3, -0.25) is 9.59 Å². The van der Waals surface area contributed by atoms with Crippen LogP contribution in [0.2, 0.25) is 0 Å². The highest BCUT2D eigenvalue weighted by molar-refractivity contribution is 7.89. The monoisotopic (exact) mass is 378 g/mol. The number of carbonyl (C=O) groups excluding carboxylic acids is 1. The highest BCUT2D eigenvalue weighted by Gasteiger charge is 2.26. The number of rotatable bonds is 5. The van der Waals surface area contributed by atoms with Gasteiger partial charge >= 0.3 is 0 Å². The van der Waals surface area contributed by atoms with E-state index in [0.29, 0.717) is 26.3 Å². The minimum Gasteiger partial charge on any atom is -0.379 e. The van der Waals surface area contributed by atoms with E-state index in [1.165, 1.54) is 28.6 Å². The second-order valence-corrected chi connectivity index (χ2v) is 7.59. The zero-order valence-corrected chi connectivity index (χ0v) is 14.7. The minimum absolute atomic E-state index is 0.0936. The molecule has 3 rings (SSSR count). The van der Waals surface area contributed by atoms with Crippen LogP contribution in [-0.2, 0) is 21.3 Å². The number of amides is 1. The molecule has 26 heavy (non-hydrogen) atoms. The second kappa shape index (κ2) is 7.77. The lowest BCUT2D eigenvalue weighted by Crippen LogP contribution is -2.40. The predicted molar refractivity (Wildman–Crippen MR) is 92.0 cm³/mol. The summed E-state index contributed by atoms with van der Waals surface area (Å²) in [4.78, 5) is 23.1. The summed E-state index contributed by atoms with van der Waals surface area (Å²) < 4.78 is 31.7. The quantitative estimate of drug-likeness (QED) is 0.738. The molecule has 0 aliphatic carbocycles. The number of H-pyrrole nitrogens is 1. The number of hydrogen-bond acceptors (Lipinski definition) is 6. The molecule has 1 amide bonds. The van der Waals surface area contributed by atoms with Gasteiger partial charge in [-0.1, -0.05) is 12.1 Å². The third-order valence-corrected chi connectivity index (χ3v) is 5.81. The van der Waals surface area contributed by atoms with Crippen molar-refractivity contribution in [1.82, 2.24) is 19.8 Å². The average molecular weight is 378 g/mol. The van der Waals surface area contributed by atoms with E-state index in [2.05, 4.69) is 15.5 Å². The van der Waals surface area contributed by atoms with Crippen molar-refractivity contribution >= 4 is 15.9 Å². The third kappa shape index (κ3) is 4.15. The number of hydrogen-bond donors (Lipinski definition) is 2. The smallest absolute Gasteiger partial charge is 0.271 e. The number of aromatic nitrogens is 2. The number of benzene rings is 1. The third-order valence-electron chi connectivity index (χ3n) is 3.90. The molecule has 1 fully saturated rings. The zero-order chi connectivity index (χ0) is 18.6. The largest absolute Gasteiger partial charge is 0.379 e. The molecule has 9 nitrogen and oxygen atoms in total. The summed E-state index contributed by atoms with van der Waals surface area (Å²) in [5, 5.41) is 8.49. The van der Waals surface area contributed by atoms with E-state index >= 15 is 0 Å². The summed E-state index contributed by atoms with van der Waals surface area (Å²) in [5.74, 6) is -0.439. The van der Waals surface area contributed by atoms with E-state index in [1.54, 1.807) is 12.1 Å². The molecule has 10 heteroatoms. The standard InChI is InChI=1S/C16H18N4O5S/c21-15-6-5-14(18-19-15)16(22)17-11-12-1-3-13(4-2-12)26(23,24)20-7-9-25-10-8-20/h1-6H,7-11H2,(H,17,22)(H,19,21). The van der Waals surface area contributed by atoms with Crippen LogP contribution in [0.25, 0.3) is 0 Å². The number of carbonyl (C=O) groups is 1. The molecule has 0 spiro atoms. The van der Waals surface area contributed by atoms with Crippen molar-refractivity contribution in [3.05, 3.63) is 58.0 Å². The number of morpholine rings is 1. The predicted octanol–water partition coefficient (Wildman–Crippen LogP) is -0.279. The first-order valence-electron chi connectivity index (χ1n) is 7.97. The van der Waals surface area contributed by atoms with E-state index in [0.717, 1.165) is 5.56 Å². The molecule has 2 heterocycles. The van der Waals surface area contributed by atoms with E-state index in [4.69, 9.17) is 4.74 Å². The maximum absolute atomic E-state index is 12.5. The lowest BCUT2D eigenvalue weighted by atomic mass is 10.2. The van der Waals surface area contributed by atoms with Crippen LogP contribution in [0.1, 0.15) is 16.1 Å². The fraction of sp³-hybridized carbons (Fsp3) is 0.312. The van der Waals surface area contributed by atoms with Gasteiger partial charge in [0.2, 0.25) is 10.0 Å². The summed E-state index contributed by atoms with van der Waals surface area (Å²) >= 11 is 0. The minimum atomic E-state index is -3.53. The van der Waals surface area contributed by atoms with Gasteiger partial charge in [0.25, 0.3) is 11.5 Å². The topological polar surface area (TPSA) is 121 Å². The van der Waals surface area contributed by atoms with Crippen LogP contribution in [0.5, 0.6) is 0 Å². The maximum Gasteiger partial charge on any atom is 0.271 e. The van der Waals surface area contributed by atoms with Gasteiger partial charge in [-0.2, -0.15) is 9.40 Å². The Balaban J connectivity index is 1.63. The van der Waals surface area contributed by atoms with Crippen molar-refractivity contribution in [2.24, 2.45) is 0 Å². The summed E-state index contributed by atoms with van der Waals surface area (Å²) in [6, 6.07) is 8.87. The molecular formula is C16H18N4O5S. The first-order valence-corrected chi connectivity index (χ1v) is 9.41. The van der Waals surface area contributed by atoms with E-state index in [1.807, 2.05) is 0 Å². The number of nitrogens with one attached hydrogen (secondary N) is 2. The highest BCUT2D eigenvalue weighted by Crippen LogP contribution is 2.17. The average Bonchev–Trinajstić information content (AvgIpc) is 2.67. The zero-order valence-electron chi connectivity index (χ0n) is 13.8. The van der Waals surface area contributed by atoms with Crippen molar-refractivity contribution in [3.63, 3.8) is 0 Å². The van der Waals surface area contributed by atoms with Crippen LogP contribution in [0.3, 0.4) is 0 Å². The van der Waals surface area contributed by atoms with Crippen LogP contribution in [-0.4, -0.2) is 55.1 Å². The van der Waals surface area contributed by atoms with Crippen LogP contribution in [0, 0.1) is 0 Å². The molecule has 0 radical (unpaired) electrons. The first kappa shape index (κ1) is 18.2. The summed E-state index contributed by atoms with van der Waals surface area (Å²) in [5.41, 5.74) is 0.443. The molecule has 1 aromatic heterocycles. The Morgan fingerprint density at radius 1 is 1.15 bits per heavy atom. The van der Waals surface area contributed by atoms with Crippen molar-refractivity contribution in [2.75, 3.05) is 26.3 Å². The molecule has 138 valence electrons.